The van der Waals surface area contributed by atoms with Crippen LogP contribution in [0.3, 0.4) is 0 Å². The van der Waals surface area contributed by atoms with E-state index in [-0.39, 0.29) is 11.3 Å². The van der Waals surface area contributed by atoms with Gasteiger partial charge in [-0.2, -0.15) is 0 Å². The second-order valence-corrected chi connectivity index (χ2v) is 42.2. The van der Waals surface area contributed by atoms with Crippen molar-refractivity contribution in [3.63, 3.8) is 0 Å². The molecule has 0 aliphatic heterocycles. The Kier molecular flexibility index (Phi) is 8.36. The summed E-state index contributed by atoms with van der Waals surface area (Å²) in [4.78, 5) is 0. The zero-order valence-electron chi connectivity index (χ0n) is 2.21. The summed E-state index contributed by atoms with van der Waals surface area (Å²) in [5.74, 6) is 1.16. The van der Waals surface area contributed by atoms with Crippen LogP contribution < -0.4 is 0 Å². The quantitative estimate of drug-likeness (QED) is 0.428. The van der Waals surface area contributed by atoms with Crippen LogP contribution in [0.2, 0.25) is 0 Å². The summed E-state index contributed by atoms with van der Waals surface area (Å²) in [6.07, 6.45) is 0. The van der Waals surface area contributed by atoms with E-state index < -0.39 is 0 Å². The number of rotatable bonds is 1. The van der Waals surface area contributed by atoms with Crippen molar-refractivity contribution in [1.82, 2.24) is 0 Å². The van der Waals surface area contributed by atoms with Crippen molar-refractivity contribution in [2.75, 3.05) is 0 Å². The number of hydrogen-bond donors (Lipinski definition) is 0. The van der Waals surface area contributed by atoms with Gasteiger partial charge >= 0.3 is 63.4 Å². The molecule has 0 N–H and O–H groups in total. The second kappa shape index (κ2) is 5.19. The predicted molar refractivity (Wildman–Crippen MR) is 60.1 cm³/mol. The first-order valence-electron chi connectivity index (χ1n) is 0.763. The van der Waals surface area contributed by atoms with Gasteiger partial charge in [0.1, 0.15) is 0 Å². The van der Waals surface area contributed by atoms with Gasteiger partial charge in [0.05, 0.1) is 0 Å². The molecule has 0 fully saturated rings. The Bertz CT molecular complexity index is 18.9. The van der Waals surface area contributed by atoms with Crippen molar-refractivity contribution < 1.29 is 0 Å². The van der Waals surface area contributed by atoms with Gasteiger partial charge in [0.25, 0.3) is 0 Å². The molecular weight excluding hydrogens is 443 g/mol. The second-order valence-electron chi connectivity index (χ2n) is 0.306. The summed E-state index contributed by atoms with van der Waals surface area (Å²) in [5, 5.41) is 0. The van der Waals surface area contributed by atoms with Gasteiger partial charge in [-0.15, -0.1) is 0 Å². The molecule has 0 rings (SSSR count). The molecule has 0 radical (unpaired) electrons. The normalized spacial score (nSPS) is 13.8. The van der Waals surface area contributed by atoms with Crippen LogP contribution in [0.5, 0.6) is 0 Å². The molecule has 0 aromatic rings. The number of halogens is 3. The van der Waals surface area contributed by atoms with Gasteiger partial charge in [-0.05, 0) is 0 Å². The zero-order valence-corrected chi connectivity index (χ0v) is 10.8. The summed E-state index contributed by atoms with van der Waals surface area (Å²) in [7, 11) is 2.78. The van der Waals surface area contributed by atoms with Gasteiger partial charge < -0.3 is 0 Å². The summed E-state index contributed by atoms with van der Waals surface area (Å²) in [6, 6.07) is 0. The Hall–Kier alpha value is 3.05. The van der Waals surface area contributed by atoms with Crippen molar-refractivity contribution in [3.05, 3.63) is 0 Å². The van der Waals surface area contributed by atoms with Crippen LogP contribution in [-0.2, 0) is 0 Å². The van der Waals surface area contributed by atoms with Crippen molar-refractivity contribution in [2.45, 2.75) is 0 Å². The Morgan fingerprint density at radius 1 is 1.60 bits per heavy atom. The first-order valence-corrected chi connectivity index (χ1v) is 19.3. The summed E-state index contributed by atoms with van der Waals surface area (Å²) >= 11 is 4.73. The zero-order chi connectivity index (χ0) is 4.28. The summed E-state index contributed by atoms with van der Waals surface area (Å²) < 4.78 is 0. The molecule has 0 aliphatic carbocycles. The molecular formula is H3I3P2. The molecule has 0 saturated carbocycles. The van der Waals surface area contributed by atoms with Gasteiger partial charge in [-0.25, -0.2) is 0 Å². The van der Waals surface area contributed by atoms with E-state index in [0.717, 1.165) is 5.91 Å². The van der Waals surface area contributed by atoms with Crippen LogP contribution in [0.25, 0.3) is 0 Å². The maximum absolute atomic E-state index is 2.78. The van der Waals surface area contributed by atoms with Gasteiger partial charge in [0, 0.05) is 0 Å². The average Bonchev–Trinajstić information content (AvgIpc) is 1.38. The van der Waals surface area contributed by atoms with Crippen LogP contribution in [-0.4, -0.2) is 0 Å². The third-order valence-corrected chi connectivity index (χ3v) is 33.4. The van der Waals surface area contributed by atoms with Crippen LogP contribution in [0.4, 0.5) is 0 Å². The van der Waals surface area contributed by atoms with Crippen molar-refractivity contribution in [2.24, 2.45) is 0 Å². The van der Waals surface area contributed by atoms with E-state index in [1.54, 1.807) is 0 Å². The molecule has 0 aromatic heterocycles. The molecule has 0 heterocycles. The summed E-state index contributed by atoms with van der Waals surface area (Å²) in [6.45, 7) is 0. The fourth-order valence-corrected chi connectivity index (χ4v) is 0. The molecule has 0 saturated heterocycles. The fraction of sp³-hybridized carbons (Fsp3) is 0. The Morgan fingerprint density at radius 3 is 1.80 bits per heavy atom. The molecule has 0 amide bonds. The van der Waals surface area contributed by atoms with Crippen LogP contribution >= 0.6 is 63.4 Å². The third kappa shape index (κ3) is 7.05. The van der Waals surface area contributed by atoms with E-state index >= 15 is 0 Å². The Labute approximate surface area is 62.0 Å². The van der Waals surface area contributed by atoms with Crippen molar-refractivity contribution >= 4 is 63.4 Å². The third-order valence-electron chi connectivity index (χ3n) is 0.0825. The first-order chi connectivity index (χ1) is 2.27. The first kappa shape index (κ1) is 8.05. The molecule has 5 heteroatoms. The van der Waals surface area contributed by atoms with E-state index in [1.165, 1.54) is 0 Å². The predicted octanol–water partition coefficient (Wildman–Crippen LogP) is 3.58. The minimum atomic E-state index is -0.351. The Morgan fingerprint density at radius 2 is 1.80 bits per heavy atom. The van der Waals surface area contributed by atoms with Gasteiger partial charge in [-0.3, -0.25) is 0 Å². The molecule has 0 aromatic carbocycles. The van der Waals surface area contributed by atoms with Gasteiger partial charge in [-0.1, -0.05) is 0 Å². The monoisotopic (exact) mass is 446 g/mol. The van der Waals surface area contributed by atoms with E-state index in [1.807, 2.05) is 0 Å². The van der Waals surface area contributed by atoms with E-state index in [0.29, 0.717) is 0 Å². The standard InChI is InChI=1S/H3I3P2/c1-3(2)5-4/h5H,4H2. The van der Waals surface area contributed by atoms with Crippen molar-refractivity contribution in [3.8, 4) is 0 Å². The molecule has 0 spiro atoms. The van der Waals surface area contributed by atoms with Gasteiger partial charge in [0.15, 0.2) is 0 Å². The Balaban J connectivity index is 2.54. The van der Waals surface area contributed by atoms with E-state index in [2.05, 4.69) is 46.2 Å². The molecule has 0 bridgehead atoms. The average molecular weight is 446 g/mol. The molecule has 5 heavy (non-hydrogen) atoms. The molecule has 0 nitrogen and oxygen atoms in total. The maximum atomic E-state index is 2.78. The SMILES string of the molecule is PPI(I)I. The number of hydrogen-bond acceptors (Lipinski definition) is 0. The summed E-state index contributed by atoms with van der Waals surface area (Å²) in [5.41, 5.74) is 0. The van der Waals surface area contributed by atoms with E-state index in [4.69, 9.17) is 0 Å². The molecule has 2 atom stereocenters. The van der Waals surface area contributed by atoms with Crippen LogP contribution in [0.1, 0.15) is 0 Å². The molecule has 2 unspecified atom stereocenters. The van der Waals surface area contributed by atoms with E-state index in [9.17, 15) is 0 Å². The molecule has 0 aliphatic rings. The van der Waals surface area contributed by atoms with Gasteiger partial charge in [0.2, 0.25) is 0 Å². The minimum absolute atomic E-state index is 0.351. The fourth-order valence-electron chi connectivity index (χ4n) is 0. The molecule has 34 valence electrons. The van der Waals surface area contributed by atoms with Crippen LogP contribution in [0, 0.1) is 0 Å². The topological polar surface area (TPSA) is 0 Å². The van der Waals surface area contributed by atoms with Crippen molar-refractivity contribution in [1.29, 1.82) is 0 Å². The van der Waals surface area contributed by atoms with Crippen LogP contribution in [0.15, 0.2) is 0 Å².